The van der Waals surface area contributed by atoms with Crippen LogP contribution in [0.25, 0.3) is 6.08 Å². The van der Waals surface area contributed by atoms with Crippen molar-refractivity contribution in [3.05, 3.63) is 47.5 Å². The lowest BCUT2D eigenvalue weighted by atomic mass is 10.1. The molecular formula is C22H23N3O6. The molecule has 0 atom stereocenters. The first-order valence-corrected chi connectivity index (χ1v) is 9.29. The van der Waals surface area contributed by atoms with E-state index in [1.807, 2.05) is 31.1 Å². The van der Waals surface area contributed by atoms with E-state index < -0.39 is 17.8 Å². The van der Waals surface area contributed by atoms with Gasteiger partial charge in [0.05, 0.1) is 27.0 Å². The number of amides is 4. The van der Waals surface area contributed by atoms with Crippen molar-refractivity contribution >= 4 is 35.3 Å². The highest BCUT2D eigenvalue weighted by Gasteiger charge is 2.37. The van der Waals surface area contributed by atoms with Crippen molar-refractivity contribution in [2.45, 2.75) is 0 Å². The monoisotopic (exact) mass is 425 g/mol. The minimum atomic E-state index is -0.871. The first-order chi connectivity index (χ1) is 14.8. The second-order valence-corrected chi connectivity index (χ2v) is 6.83. The summed E-state index contributed by atoms with van der Waals surface area (Å²) in [5, 5.41) is 2.20. The molecule has 9 nitrogen and oxygen atoms in total. The predicted molar refractivity (Wildman–Crippen MR) is 116 cm³/mol. The van der Waals surface area contributed by atoms with Crippen molar-refractivity contribution in [3.63, 3.8) is 0 Å². The Morgan fingerprint density at radius 1 is 0.903 bits per heavy atom. The maximum absolute atomic E-state index is 13.1. The van der Waals surface area contributed by atoms with Gasteiger partial charge in [-0.15, -0.1) is 0 Å². The Hall–Kier alpha value is -4.01. The third-order valence-corrected chi connectivity index (χ3v) is 4.73. The van der Waals surface area contributed by atoms with Gasteiger partial charge >= 0.3 is 6.03 Å². The fraction of sp³-hybridized carbons (Fsp3) is 0.227. The Morgan fingerprint density at radius 3 is 1.97 bits per heavy atom. The van der Waals surface area contributed by atoms with Gasteiger partial charge < -0.3 is 19.1 Å². The molecule has 2 aromatic rings. The molecule has 0 unspecified atom stereocenters. The number of rotatable bonds is 6. The summed E-state index contributed by atoms with van der Waals surface area (Å²) >= 11 is 0. The van der Waals surface area contributed by atoms with Crippen molar-refractivity contribution in [1.82, 2.24) is 5.32 Å². The fourth-order valence-electron chi connectivity index (χ4n) is 3.12. The standard InChI is InChI=1S/C22H23N3O6/c1-24(2)14-8-6-13(7-9-14)10-16-20(26)23-22(28)25(21(16)27)15-11-17(29-3)19(31-5)18(12-15)30-4/h6-12H,1-5H3,(H,23,26,28). The van der Waals surface area contributed by atoms with E-state index in [0.29, 0.717) is 11.3 Å². The van der Waals surface area contributed by atoms with E-state index >= 15 is 0 Å². The van der Waals surface area contributed by atoms with Gasteiger partial charge in [0.25, 0.3) is 11.8 Å². The van der Waals surface area contributed by atoms with E-state index in [1.165, 1.54) is 39.5 Å². The van der Waals surface area contributed by atoms with Gasteiger partial charge in [0, 0.05) is 31.9 Å². The number of carbonyl (C=O) groups is 3. The molecule has 162 valence electrons. The lowest BCUT2D eigenvalue weighted by molar-refractivity contribution is -0.122. The van der Waals surface area contributed by atoms with Gasteiger partial charge in [-0.3, -0.25) is 14.9 Å². The quantitative estimate of drug-likeness (QED) is 0.561. The van der Waals surface area contributed by atoms with Crippen molar-refractivity contribution in [2.75, 3.05) is 45.2 Å². The molecule has 1 saturated heterocycles. The molecule has 9 heteroatoms. The topological polar surface area (TPSA) is 97.4 Å². The maximum Gasteiger partial charge on any atom is 0.335 e. The highest BCUT2D eigenvalue weighted by atomic mass is 16.5. The highest BCUT2D eigenvalue weighted by Crippen LogP contribution is 2.41. The number of carbonyl (C=O) groups excluding carboxylic acids is 3. The van der Waals surface area contributed by atoms with Crippen LogP contribution in [0.15, 0.2) is 42.0 Å². The van der Waals surface area contributed by atoms with Crippen LogP contribution in [0.1, 0.15) is 5.56 Å². The summed E-state index contributed by atoms with van der Waals surface area (Å²) in [4.78, 5) is 40.8. The maximum atomic E-state index is 13.1. The molecule has 1 aliphatic rings. The Balaban J connectivity index is 2.03. The Bertz CT molecular complexity index is 1030. The largest absolute Gasteiger partial charge is 0.493 e. The molecule has 1 N–H and O–H groups in total. The molecule has 0 spiro atoms. The van der Waals surface area contributed by atoms with Crippen LogP contribution >= 0.6 is 0 Å². The Kier molecular flexibility index (Phi) is 6.15. The van der Waals surface area contributed by atoms with Gasteiger partial charge in [-0.05, 0) is 23.8 Å². The number of nitrogens with zero attached hydrogens (tertiary/aromatic N) is 2. The summed E-state index contributed by atoms with van der Waals surface area (Å²) in [6.07, 6.45) is 1.44. The van der Waals surface area contributed by atoms with Crippen molar-refractivity contribution in [3.8, 4) is 17.2 Å². The third kappa shape index (κ3) is 4.16. The number of urea groups is 1. The van der Waals surface area contributed by atoms with E-state index in [4.69, 9.17) is 14.2 Å². The zero-order valence-electron chi connectivity index (χ0n) is 17.9. The molecule has 0 aliphatic carbocycles. The lowest BCUT2D eigenvalue weighted by Crippen LogP contribution is -2.54. The zero-order chi connectivity index (χ0) is 22.7. The van der Waals surface area contributed by atoms with Gasteiger partial charge in [0.15, 0.2) is 11.5 Å². The number of barbiturate groups is 1. The molecule has 3 rings (SSSR count). The third-order valence-electron chi connectivity index (χ3n) is 4.73. The van der Waals surface area contributed by atoms with Crippen molar-refractivity contribution in [2.24, 2.45) is 0 Å². The number of methoxy groups -OCH3 is 3. The predicted octanol–water partition coefficient (Wildman–Crippen LogP) is 2.44. The second-order valence-electron chi connectivity index (χ2n) is 6.83. The van der Waals surface area contributed by atoms with Crippen LogP contribution in [0.2, 0.25) is 0 Å². The van der Waals surface area contributed by atoms with Gasteiger partial charge in [0.2, 0.25) is 5.75 Å². The van der Waals surface area contributed by atoms with Crippen LogP contribution in [0.5, 0.6) is 17.2 Å². The molecule has 31 heavy (non-hydrogen) atoms. The van der Waals surface area contributed by atoms with E-state index in [1.54, 1.807) is 12.1 Å². The fourth-order valence-corrected chi connectivity index (χ4v) is 3.12. The molecule has 0 radical (unpaired) electrons. The number of ether oxygens (including phenoxy) is 3. The van der Waals surface area contributed by atoms with Gasteiger partial charge in [-0.2, -0.15) is 0 Å². The van der Waals surface area contributed by atoms with E-state index in [-0.39, 0.29) is 22.8 Å². The molecule has 0 bridgehead atoms. The summed E-state index contributed by atoms with van der Waals surface area (Å²) in [5.41, 5.74) is 1.60. The SMILES string of the molecule is COc1cc(N2C(=O)NC(=O)C(=Cc3ccc(N(C)C)cc3)C2=O)cc(OC)c1OC. The first kappa shape index (κ1) is 21.7. The molecule has 4 amide bonds. The number of hydrogen-bond acceptors (Lipinski definition) is 7. The number of anilines is 2. The Morgan fingerprint density at radius 2 is 1.48 bits per heavy atom. The van der Waals surface area contributed by atoms with Crippen LogP contribution < -0.4 is 29.3 Å². The van der Waals surface area contributed by atoms with Gasteiger partial charge in [0.1, 0.15) is 5.57 Å². The molecule has 1 heterocycles. The van der Waals surface area contributed by atoms with Crippen LogP contribution in [0.3, 0.4) is 0 Å². The van der Waals surface area contributed by atoms with Gasteiger partial charge in [-0.1, -0.05) is 12.1 Å². The molecular weight excluding hydrogens is 402 g/mol. The lowest BCUT2D eigenvalue weighted by Gasteiger charge is -2.27. The minimum absolute atomic E-state index is 0.165. The number of nitrogens with one attached hydrogen (secondary N) is 1. The average Bonchev–Trinajstić information content (AvgIpc) is 2.75. The Labute approximate surface area is 179 Å². The molecule has 0 saturated carbocycles. The summed E-state index contributed by atoms with van der Waals surface area (Å²) in [5.74, 6) is -0.695. The summed E-state index contributed by atoms with van der Waals surface area (Å²) in [6.45, 7) is 0. The molecule has 1 fully saturated rings. The normalized spacial score (nSPS) is 15.1. The molecule has 0 aromatic heterocycles. The first-order valence-electron chi connectivity index (χ1n) is 9.29. The number of hydrogen-bond donors (Lipinski definition) is 1. The smallest absolute Gasteiger partial charge is 0.335 e. The highest BCUT2D eigenvalue weighted by molar-refractivity contribution is 6.39. The van der Waals surface area contributed by atoms with E-state index in [0.717, 1.165) is 10.6 Å². The average molecular weight is 425 g/mol. The second kappa shape index (κ2) is 8.78. The summed E-state index contributed by atoms with van der Waals surface area (Å²) in [7, 11) is 8.11. The number of imide groups is 2. The van der Waals surface area contributed by atoms with Crippen molar-refractivity contribution in [1.29, 1.82) is 0 Å². The molecule has 1 aliphatic heterocycles. The van der Waals surface area contributed by atoms with Crippen LogP contribution in [0.4, 0.5) is 16.2 Å². The van der Waals surface area contributed by atoms with E-state index in [2.05, 4.69) is 5.32 Å². The van der Waals surface area contributed by atoms with E-state index in [9.17, 15) is 14.4 Å². The molecule has 2 aromatic carbocycles. The van der Waals surface area contributed by atoms with Crippen LogP contribution in [0, 0.1) is 0 Å². The summed E-state index contributed by atoms with van der Waals surface area (Å²) in [6, 6.07) is 9.33. The summed E-state index contributed by atoms with van der Waals surface area (Å²) < 4.78 is 15.9. The number of benzene rings is 2. The zero-order valence-corrected chi connectivity index (χ0v) is 17.9. The van der Waals surface area contributed by atoms with Gasteiger partial charge in [-0.25, -0.2) is 9.69 Å². The van der Waals surface area contributed by atoms with Crippen LogP contribution in [-0.2, 0) is 9.59 Å². The van der Waals surface area contributed by atoms with Crippen LogP contribution in [-0.4, -0.2) is 53.3 Å². The minimum Gasteiger partial charge on any atom is -0.493 e. The van der Waals surface area contributed by atoms with Crippen molar-refractivity contribution < 1.29 is 28.6 Å².